The average Bonchev–Trinajstić information content (AvgIpc) is 2.30. The van der Waals surface area contributed by atoms with Crippen LogP contribution in [0.2, 0.25) is 0 Å². The molecule has 0 N–H and O–H groups in total. The van der Waals surface area contributed by atoms with E-state index < -0.39 is 6.80 Å². The quantitative estimate of drug-likeness (QED) is 0.681. The van der Waals surface area contributed by atoms with Crippen LogP contribution in [0.3, 0.4) is 0 Å². The largest absolute Gasteiger partial charge is 0.393 e. The molecular weight excluding hydrogens is 255 g/mol. The van der Waals surface area contributed by atoms with E-state index in [1.54, 1.807) is 13.8 Å². The van der Waals surface area contributed by atoms with E-state index in [0.717, 1.165) is 16.9 Å². The van der Waals surface area contributed by atoms with E-state index in [-0.39, 0.29) is 0 Å². The van der Waals surface area contributed by atoms with Gasteiger partial charge in [-0.2, -0.15) is 0 Å². The normalized spacial score (nSPS) is 11.4. The fraction of sp³-hybridized carbons (Fsp3) is 0.333. The summed E-state index contributed by atoms with van der Waals surface area (Å²) in [4.78, 5) is 0.691. The van der Waals surface area contributed by atoms with E-state index in [9.17, 15) is 4.57 Å². The van der Waals surface area contributed by atoms with Gasteiger partial charge in [0.1, 0.15) is 0 Å². The first-order valence-corrected chi connectivity index (χ1v) is 8.40. The molecule has 0 saturated carbocycles. The first kappa shape index (κ1) is 14.5. The first-order chi connectivity index (χ1) is 8.11. The Morgan fingerprint density at radius 1 is 1.24 bits per heavy atom. The zero-order valence-corrected chi connectivity index (χ0v) is 11.8. The highest BCUT2D eigenvalue weighted by atomic mass is 32.7. The van der Waals surface area contributed by atoms with E-state index >= 15 is 0 Å². The number of hydrogen-bond acceptors (Lipinski definition) is 4. The van der Waals surface area contributed by atoms with Crippen LogP contribution in [0.25, 0.3) is 4.91 Å². The highest BCUT2D eigenvalue weighted by molar-refractivity contribution is 8.59. The maximum absolute atomic E-state index is 12.3. The summed E-state index contributed by atoms with van der Waals surface area (Å²) in [6.07, 6.45) is 0. The molecule has 0 saturated heterocycles. The van der Waals surface area contributed by atoms with Crippen molar-refractivity contribution in [2.75, 3.05) is 13.2 Å². The molecule has 3 nitrogen and oxygen atoms in total. The first-order valence-electron chi connectivity index (χ1n) is 5.44. The van der Waals surface area contributed by atoms with Crippen LogP contribution in [-0.4, -0.2) is 13.2 Å². The molecule has 0 bridgehead atoms. The standard InChI is InChI=1S/C12H17O3PS/c1-4-14-16(13,15-5-2)17-11(3)12-9-7-6-8-10-12/h6-10H,3-5H2,1-2H3. The Labute approximate surface area is 106 Å². The van der Waals surface area contributed by atoms with Gasteiger partial charge in [-0.05, 0) is 30.8 Å². The maximum Gasteiger partial charge on any atom is 0.393 e. The van der Waals surface area contributed by atoms with Gasteiger partial charge in [-0.3, -0.25) is 0 Å². The summed E-state index contributed by atoms with van der Waals surface area (Å²) >= 11 is 1.07. The molecule has 0 aliphatic heterocycles. The molecule has 0 amide bonds. The van der Waals surface area contributed by atoms with Gasteiger partial charge in [-0.1, -0.05) is 36.9 Å². The minimum Gasteiger partial charge on any atom is -0.301 e. The van der Waals surface area contributed by atoms with Crippen LogP contribution in [0, 0.1) is 0 Å². The molecule has 0 aliphatic rings. The van der Waals surface area contributed by atoms with E-state index in [1.807, 2.05) is 30.3 Å². The van der Waals surface area contributed by atoms with Crippen molar-refractivity contribution in [2.24, 2.45) is 0 Å². The summed E-state index contributed by atoms with van der Waals surface area (Å²) in [7, 11) is 0. The van der Waals surface area contributed by atoms with E-state index in [0.29, 0.717) is 18.1 Å². The predicted molar refractivity (Wildman–Crippen MR) is 73.9 cm³/mol. The van der Waals surface area contributed by atoms with Crippen LogP contribution in [-0.2, 0) is 13.6 Å². The Hall–Kier alpha value is -0.540. The molecule has 0 fully saturated rings. The summed E-state index contributed by atoms with van der Waals surface area (Å²) in [5.74, 6) is 0. The van der Waals surface area contributed by atoms with Crippen molar-refractivity contribution in [3.05, 3.63) is 42.5 Å². The third kappa shape index (κ3) is 4.68. The Bertz CT molecular complexity index is 395. The molecule has 0 spiro atoms. The smallest absolute Gasteiger partial charge is 0.301 e. The lowest BCUT2D eigenvalue weighted by molar-refractivity contribution is 0.237. The SMILES string of the molecule is C=C(SP(=O)(OCC)OCC)c1ccccc1. The minimum absolute atomic E-state index is 0.354. The van der Waals surface area contributed by atoms with Crippen LogP contribution < -0.4 is 0 Å². The Morgan fingerprint density at radius 2 is 1.76 bits per heavy atom. The third-order valence-corrected chi connectivity index (χ3v) is 5.69. The molecule has 0 unspecified atom stereocenters. The summed E-state index contributed by atoms with van der Waals surface area (Å²) in [6, 6.07) is 9.57. The molecule has 94 valence electrons. The van der Waals surface area contributed by atoms with Crippen molar-refractivity contribution in [1.82, 2.24) is 0 Å². The lowest BCUT2D eigenvalue weighted by Gasteiger charge is -2.16. The number of hydrogen-bond donors (Lipinski definition) is 0. The second kappa shape index (κ2) is 7.02. The van der Waals surface area contributed by atoms with Gasteiger partial charge in [0.15, 0.2) is 0 Å². The van der Waals surface area contributed by atoms with Crippen LogP contribution in [0.4, 0.5) is 0 Å². The second-order valence-corrected chi connectivity index (χ2v) is 7.14. The van der Waals surface area contributed by atoms with Crippen LogP contribution in [0.1, 0.15) is 19.4 Å². The maximum atomic E-state index is 12.3. The molecule has 5 heteroatoms. The van der Waals surface area contributed by atoms with Crippen molar-refractivity contribution in [3.63, 3.8) is 0 Å². The highest BCUT2D eigenvalue weighted by Gasteiger charge is 2.26. The van der Waals surface area contributed by atoms with Crippen molar-refractivity contribution < 1.29 is 13.6 Å². The van der Waals surface area contributed by atoms with Gasteiger partial charge < -0.3 is 9.05 Å². The summed E-state index contributed by atoms with van der Waals surface area (Å²) < 4.78 is 22.6. The van der Waals surface area contributed by atoms with Crippen LogP contribution in [0.5, 0.6) is 0 Å². The van der Waals surface area contributed by atoms with Gasteiger partial charge in [-0.15, -0.1) is 0 Å². The minimum atomic E-state index is -3.12. The Morgan fingerprint density at radius 3 is 2.24 bits per heavy atom. The molecule has 0 aromatic heterocycles. The van der Waals surface area contributed by atoms with Gasteiger partial charge >= 0.3 is 6.80 Å². The van der Waals surface area contributed by atoms with Crippen molar-refractivity contribution in [1.29, 1.82) is 0 Å². The molecule has 0 heterocycles. The van der Waals surface area contributed by atoms with Gasteiger partial charge in [0.2, 0.25) is 0 Å². The molecule has 1 rings (SSSR count). The van der Waals surface area contributed by atoms with Gasteiger partial charge in [0.25, 0.3) is 0 Å². The lowest BCUT2D eigenvalue weighted by atomic mass is 10.2. The molecule has 0 aliphatic carbocycles. The highest BCUT2D eigenvalue weighted by Crippen LogP contribution is 2.64. The summed E-state index contributed by atoms with van der Waals surface area (Å²) in [5, 5.41) is 0. The topological polar surface area (TPSA) is 35.5 Å². The fourth-order valence-electron chi connectivity index (χ4n) is 1.22. The van der Waals surface area contributed by atoms with Gasteiger partial charge in [0, 0.05) is 4.91 Å². The molecule has 1 aromatic carbocycles. The number of benzene rings is 1. The lowest BCUT2D eigenvalue weighted by Crippen LogP contribution is -1.92. The van der Waals surface area contributed by atoms with Crippen LogP contribution >= 0.6 is 18.2 Å². The fourth-order valence-corrected chi connectivity index (χ4v) is 4.62. The summed E-state index contributed by atoms with van der Waals surface area (Å²) in [5.41, 5.74) is 0.928. The molecule has 0 radical (unpaired) electrons. The molecule has 1 aromatic rings. The monoisotopic (exact) mass is 272 g/mol. The Kier molecular flexibility index (Phi) is 6.00. The van der Waals surface area contributed by atoms with Gasteiger partial charge in [-0.25, -0.2) is 4.57 Å². The molecular formula is C12H17O3PS. The number of rotatable bonds is 7. The van der Waals surface area contributed by atoms with Crippen molar-refractivity contribution >= 4 is 23.1 Å². The van der Waals surface area contributed by atoms with E-state index in [4.69, 9.17) is 9.05 Å². The predicted octanol–water partition coefficient (Wildman–Crippen LogP) is 4.57. The third-order valence-electron chi connectivity index (χ3n) is 1.89. The van der Waals surface area contributed by atoms with Crippen molar-refractivity contribution in [2.45, 2.75) is 13.8 Å². The molecule has 17 heavy (non-hydrogen) atoms. The zero-order chi connectivity index (χ0) is 12.7. The van der Waals surface area contributed by atoms with Crippen molar-refractivity contribution in [3.8, 4) is 0 Å². The average molecular weight is 272 g/mol. The second-order valence-electron chi connectivity index (χ2n) is 3.16. The van der Waals surface area contributed by atoms with E-state index in [2.05, 4.69) is 6.58 Å². The van der Waals surface area contributed by atoms with Gasteiger partial charge in [0.05, 0.1) is 13.2 Å². The zero-order valence-electron chi connectivity index (χ0n) is 10.1. The van der Waals surface area contributed by atoms with E-state index in [1.165, 1.54) is 0 Å². The summed E-state index contributed by atoms with van der Waals surface area (Å²) in [6.45, 7) is 5.07. The Balaban J connectivity index is 2.74. The molecule has 0 atom stereocenters. The van der Waals surface area contributed by atoms with Crippen LogP contribution in [0.15, 0.2) is 36.9 Å².